The van der Waals surface area contributed by atoms with Gasteiger partial charge in [-0.05, 0) is 31.9 Å². The lowest BCUT2D eigenvalue weighted by atomic mass is 10.1. The van der Waals surface area contributed by atoms with Crippen LogP contribution in [0.3, 0.4) is 0 Å². The van der Waals surface area contributed by atoms with E-state index in [1.165, 1.54) is 0 Å². The number of aliphatic hydroxyl groups excluding tert-OH is 1. The average Bonchev–Trinajstić information content (AvgIpc) is 3.22. The molecular weight excluding hydrogens is 308 g/mol. The Morgan fingerprint density at radius 2 is 2.29 bits per heavy atom. The van der Waals surface area contributed by atoms with Crippen LogP contribution in [0.15, 0.2) is 22.8 Å². The van der Waals surface area contributed by atoms with Gasteiger partial charge in [-0.15, -0.1) is 10.2 Å². The van der Waals surface area contributed by atoms with Crippen LogP contribution in [0.25, 0.3) is 0 Å². The van der Waals surface area contributed by atoms with Gasteiger partial charge in [0.25, 0.3) is 0 Å². The third-order valence-corrected chi connectivity index (χ3v) is 4.52. The van der Waals surface area contributed by atoms with E-state index in [9.17, 15) is 5.11 Å². The van der Waals surface area contributed by atoms with Gasteiger partial charge in [0.2, 0.25) is 0 Å². The van der Waals surface area contributed by atoms with Crippen LogP contribution in [0, 0.1) is 6.92 Å². The zero-order valence-electron chi connectivity index (χ0n) is 14.4. The molecule has 0 aromatic carbocycles. The minimum Gasteiger partial charge on any atom is -0.467 e. The molecule has 1 saturated heterocycles. The predicted octanol–water partition coefficient (Wildman–Crippen LogP) is 1.91. The molecule has 0 saturated carbocycles. The van der Waals surface area contributed by atoms with Crippen molar-refractivity contribution in [1.82, 2.24) is 19.7 Å². The second-order valence-corrected chi connectivity index (χ2v) is 6.28. The van der Waals surface area contributed by atoms with Crippen LogP contribution in [0.1, 0.15) is 43.3 Å². The number of aliphatic hydroxyl groups is 1. The Morgan fingerprint density at radius 3 is 3.04 bits per heavy atom. The zero-order valence-corrected chi connectivity index (χ0v) is 14.4. The molecule has 0 spiro atoms. The minimum atomic E-state index is -0.621. The van der Waals surface area contributed by atoms with Crippen LogP contribution in [-0.2, 0) is 17.8 Å². The van der Waals surface area contributed by atoms with Crippen molar-refractivity contribution in [2.45, 2.75) is 51.9 Å². The highest BCUT2D eigenvalue weighted by Gasteiger charge is 2.28. The minimum absolute atomic E-state index is 0.130. The second-order valence-electron chi connectivity index (χ2n) is 6.28. The van der Waals surface area contributed by atoms with Gasteiger partial charge < -0.3 is 18.8 Å². The fourth-order valence-electron chi connectivity index (χ4n) is 3.21. The number of hydrogen-bond acceptors (Lipinski definition) is 6. The van der Waals surface area contributed by atoms with E-state index >= 15 is 0 Å². The van der Waals surface area contributed by atoms with Gasteiger partial charge in [-0.2, -0.15) is 0 Å². The van der Waals surface area contributed by atoms with Gasteiger partial charge in [0.05, 0.1) is 26.0 Å². The van der Waals surface area contributed by atoms with Gasteiger partial charge in [-0.3, -0.25) is 4.90 Å². The SMILES string of the molecule is CCCn1c(C)nnc1CN1CCOCC1CC(O)c1ccco1. The van der Waals surface area contributed by atoms with Crippen LogP contribution >= 0.6 is 0 Å². The molecule has 24 heavy (non-hydrogen) atoms. The Labute approximate surface area is 142 Å². The van der Waals surface area contributed by atoms with E-state index in [4.69, 9.17) is 9.15 Å². The highest BCUT2D eigenvalue weighted by atomic mass is 16.5. The van der Waals surface area contributed by atoms with Crippen molar-refractivity contribution in [3.63, 3.8) is 0 Å². The number of aryl methyl sites for hydroxylation is 1. The van der Waals surface area contributed by atoms with E-state index in [0.717, 1.165) is 37.7 Å². The molecule has 1 aliphatic rings. The van der Waals surface area contributed by atoms with Crippen molar-refractivity contribution in [3.8, 4) is 0 Å². The zero-order chi connectivity index (χ0) is 16.9. The topological polar surface area (TPSA) is 76.6 Å². The molecule has 2 aromatic heterocycles. The molecule has 0 radical (unpaired) electrons. The summed E-state index contributed by atoms with van der Waals surface area (Å²) in [5, 5.41) is 18.9. The van der Waals surface area contributed by atoms with Crippen molar-refractivity contribution >= 4 is 0 Å². The molecular formula is C17H26N4O3. The summed E-state index contributed by atoms with van der Waals surface area (Å²) in [6.45, 7) is 7.93. The first kappa shape index (κ1) is 17.1. The van der Waals surface area contributed by atoms with Gasteiger partial charge >= 0.3 is 0 Å². The maximum atomic E-state index is 10.4. The summed E-state index contributed by atoms with van der Waals surface area (Å²) < 4.78 is 13.1. The molecule has 1 N–H and O–H groups in total. The number of nitrogens with zero attached hydrogens (tertiary/aromatic N) is 4. The largest absolute Gasteiger partial charge is 0.467 e. The van der Waals surface area contributed by atoms with Crippen molar-refractivity contribution in [1.29, 1.82) is 0 Å². The summed E-state index contributed by atoms with van der Waals surface area (Å²) in [5.74, 6) is 2.53. The molecule has 1 fully saturated rings. The lowest BCUT2D eigenvalue weighted by Gasteiger charge is -2.36. The Morgan fingerprint density at radius 1 is 1.42 bits per heavy atom. The highest BCUT2D eigenvalue weighted by molar-refractivity contribution is 5.03. The van der Waals surface area contributed by atoms with Crippen molar-refractivity contribution in [2.75, 3.05) is 19.8 Å². The summed E-state index contributed by atoms with van der Waals surface area (Å²) in [6, 6.07) is 3.73. The summed E-state index contributed by atoms with van der Waals surface area (Å²) in [7, 11) is 0. The maximum absolute atomic E-state index is 10.4. The number of furan rings is 1. The number of aromatic nitrogens is 3. The Kier molecular flexibility index (Phi) is 5.65. The summed E-state index contributed by atoms with van der Waals surface area (Å²) in [5.41, 5.74) is 0. The molecule has 2 aromatic rings. The highest BCUT2D eigenvalue weighted by Crippen LogP contribution is 2.24. The molecule has 7 heteroatoms. The van der Waals surface area contributed by atoms with E-state index in [0.29, 0.717) is 25.4 Å². The third kappa shape index (κ3) is 3.85. The van der Waals surface area contributed by atoms with Gasteiger partial charge in [0, 0.05) is 19.1 Å². The molecule has 3 rings (SSSR count). The van der Waals surface area contributed by atoms with Crippen molar-refractivity contribution in [3.05, 3.63) is 35.8 Å². The summed E-state index contributed by atoms with van der Waals surface area (Å²) in [4.78, 5) is 2.32. The molecule has 0 aliphatic carbocycles. The first-order valence-electron chi connectivity index (χ1n) is 8.61. The number of hydrogen-bond donors (Lipinski definition) is 1. The number of ether oxygens (including phenoxy) is 1. The lowest BCUT2D eigenvalue weighted by Crippen LogP contribution is -2.46. The summed E-state index contributed by atoms with van der Waals surface area (Å²) >= 11 is 0. The molecule has 0 bridgehead atoms. The molecule has 3 heterocycles. The first-order chi connectivity index (χ1) is 11.7. The van der Waals surface area contributed by atoms with Gasteiger partial charge in [-0.1, -0.05) is 6.92 Å². The predicted molar refractivity (Wildman–Crippen MR) is 88.4 cm³/mol. The van der Waals surface area contributed by atoms with Gasteiger partial charge in [0.1, 0.15) is 23.5 Å². The van der Waals surface area contributed by atoms with E-state index in [1.54, 1.807) is 18.4 Å². The van der Waals surface area contributed by atoms with Gasteiger partial charge in [0.15, 0.2) is 0 Å². The fraction of sp³-hybridized carbons (Fsp3) is 0.647. The van der Waals surface area contributed by atoms with Crippen LogP contribution in [0.5, 0.6) is 0 Å². The standard InChI is InChI=1S/C17H26N4O3/c1-3-6-21-13(2)18-19-17(21)11-20-7-9-23-12-14(20)10-15(22)16-5-4-8-24-16/h4-5,8,14-15,22H,3,6-7,9-12H2,1-2H3. The van der Waals surface area contributed by atoms with Crippen LogP contribution in [0.4, 0.5) is 0 Å². The molecule has 2 unspecified atom stereocenters. The van der Waals surface area contributed by atoms with Crippen molar-refractivity contribution < 1.29 is 14.3 Å². The quantitative estimate of drug-likeness (QED) is 0.833. The first-order valence-corrected chi connectivity index (χ1v) is 8.61. The lowest BCUT2D eigenvalue weighted by molar-refractivity contribution is -0.0336. The summed E-state index contributed by atoms with van der Waals surface area (Å²) in [6.07, 6.45) is 2.60. The maximum Gasteiger partial charge on any atom is 0.147 e. The van der Waals surface area contributed by atoms with E-state index in [1.807, 2.05) is 6.92 Å². The number of morpholine rings is 1. The van der Waals surface area contributed by atoms with Gasteiger partial charge in [-0.25, -0.2) is 0 Å². The Bertz CT molecular complexity index is 626. The Hall–Kier alpha value is -1.70. The average molecular weight is 334 g/mol. The molecule has 0 amide bonds. The monoisotopic (exact) mass is 334 g/mol. The molecule has 1 aliphatic heterocycles. The van der Waals surface area contributed by atoms with Crippen molar-refractivity contribution in [2.24, 2.45) is 0 Å². The van der Waals surface area contributed by atoms with E-state index in [2.05, 4.69) is 26.6 Å². The molecule has 7 nitrogen and oxygen atoms in total. The number of rotatable bonds is 7. The molecule has 132 valence electrons. The van der Waals surface area contributed by atoms with E-state index < -0.39 is 6.10 Å². The third-order valence-electron chi connectivity index (χ3n) is 4.52. The van der Waals surface area contributed by atoms with Crippen LogP contribution < -0.4 is 0 Å². The second kappa shape index (κ2) is 7.92. The van der Waals surface area contributed by atoms with E-state index in [-0.39, 0.29) is 6.04 Å². The fourth-order valence-corrected chi connectivity index (χ4v) is 3.21. The van der Waals surface area contributed by atoms with Crippen LogP contribution in [0.2, 0.25) is 0 Å². The molecule has 2 atom stereocenters. The Balaban J connectivity index is 1.68. The van der Waals surface area contributed by atoms with Crippen LogP contribution in [-0.4, -0.2) is 50.6 Å². The normalized spacial score (nSPS) is 20.4. The smallest absolute Gasteiger partial charge is 0.147 e.